The minimum Gasteiger partial charge on any atom is -0.415 e. The molecule has 134 valence electrons. The molecule has 8 heteroatoms. The normalized spacial score (nSPS) is 21.9. The van der Waals surface area contributed by atoms with Crippen molar-refractivity contribution in [3.8, 4) is 11.5 Å². The van der Waals surface area contributed by atoms with Crippen LogP contribution >= 0.6 is 0 Å². The van der Waals surface area contributed by atoms with E-state index < -0.39 is 17.9 Å². The van der Waals surface area contributed by atoms with Crippen LogP contribution in [0, 0.1) is 0 Å². The summed E-state index contributed by atoms with van der Waals surface area (Å²) in [5.41, 5.74) is 7.11. The summed E-state index contributed by atoms with van der Waals surface area (Å²) >= 11 is 0. The minimum absolute atomic E-state index is 0.111. The average molecular weight is 358 g/mol. The van der Waals surface area contributed by atoms with E-state index in [1.807, 2.05) is 30.3 Å². The summed E-state index contributed by atoms with van der Waals surface area (Å²) in [6.45, 7) is 0.373. The van der Waals surface area contributed by atoms with Gasteiger partial charge in [0.1, 0.15) is 0 Å². The summed E-state index contributed by atoms with van der Waals surface area (Å²) in [5.74, 6) is -0.672. The number of hydrogen-bond acceptors (Lipinski definition) is 5. The van der Waals surface area contributed by atoms with Gasteiger partial charge in [-0.05, 0) is 18.1 Å². The van der Waals surface area contributed by atoms with E-state index in [1.54, 1.807) is 12.3 Å². The lowest BCUT2D eigenvalue weighted by atomic mass is 10.1. The second kappa shape index (κ2) is 6.14. The predicted molar refractivity (Wildman–Crippen MR) is 89.7 cm³/mol. The summed E-state index contributed by atoms with van der Waals surface area (Å²) in [5, 5.41) is 6.81. The molecular weight excluding hydrogens is 342 g/mol. The van der Waals surface area contributed by atoms with E-state index in [2.05, 4.69) is 10.2 Å². The molecule has 0 bridgehead atoms. The Morgan fingerprint density at radius 2 is 2.04 bits per heavy atom. The first-order valence-electron chi connectivity index (χ1n) is 8.12. The monoisotopic (exact) mass is 358 g/mol. The van der Waals surface area contributed by atoms with Crippen LogP contribution in [0.3, 0.4) is 0 Å². The van der Waals surface area contributed by atoms with E-state index in [9.17, 15) is 13.6 Å². The fraction of sp³-hybridized carbons (Fsp3) is 0.278. The highest BCUT2D eigenvalue weighted by Crippen LogP contribution is 2.50. The SMILES string of the molecule is N[C@]1(Cn2ccc(-c3nnc(C(F)F)o3)cc2=O)C[C@H]1c1ccccc1. The summed E-state index contributed by atoms with van der Waals surface area (Å²) in [4.78, 5) is 12.4. The fourth-order valence-corrected chi connectivity index (χ4v) is 3.16. The first-order valence-corrected chi connectivity index (χ1v) is 8.12. The van der Waals surface area contributed by atoms with Crippen molar-refractivity contribution in [2.45, 2.75) is 30.8 Å². The van der Waals surface area contributed by atoms with Gasteiger partial charge in [-0.2, -0.15) is 8.78 Å². The van der Waals surface area contributed by atoms with Crippen molar-refractivity contribution in [2.24, 2.45) is 5.73 Å². The first-order chi connectivity index (χ1) is 12.5. The zero-order chi connectivity index (χ0) is 18.3. The number of alkyl halides is 2. The molecule has 1 aromatic carbocycles. The highest BCUT2D eigenvalue weighted by Gasteiger charge is 2.51. The second-order valence-corrected chi connectivity index (χ2v) is 6.53. The largest absolute Gasteiger partial charge is 0.415 e. The number of halogens is 2. The van der Waals surface area contributed by atoms with Crippen molar-refractivity contribution < 1.29 is 13.2 Å². The molecule has 0 aliphatic heterocycles. The first kappa shape index (κ1) is 16.6. The quantitative estimate of drug-likeness (QED) is 0.758. The standard InChI is InChI=1S/C18H16F2N4O2/c19-15(20)17-23-22-16(26-17)12-6-7-24(14(25)8-12)10-18(21)9-13(18)11-4-2-1-3-5-11/h1-8,13,15H,9-10,21H2/t13-,18-/m0/s1. The van der Waals surface area contributed by atoms with Gasteiger partial charge in [-0.25, -0.2) is 0 Å². The molecule has 2 atom stereocenters. The summed E-state index contributed by atoms with van der Waals surface area (Å²) in [6, 6.07) is 12.8. The Bertz CT molecular complexity index is 986. The molecule has 1 fully saturated rings. The Morgan fingerprint density at radius 1 is 1.27 bits per heavy atom. The van der Waals surface area contributed by atoms with Crippen molar-refractivity contribution in [3.05, 3.63) is 70.5 Å². The topological polar surface area (TPSA) is 86.9 Å². The summed E-state index contributed by atoms with van der Waals surface area (Å²) < 4.78 is 31.4. The van der Waals surface area contributed by atoms with Crippen molar-refractivity contribution in [3.63, 3.8) is 0 Å². The summed E-state index contributed by atoms with van der Waals surface area (Å²) in [7, 11) is 0. The third kappa shape index (κ3) is 3.03. The molecule has 0 radical (unpaired) electrons. The number of hydrogen-bond donors (Lipinski definition) is 1. The molecule has 0 amide bonds. The van der Waals surface area contributed by atoms with Gasteiger partial charge in [0.2, 0.25) is 5.89 Å². The fourth-order valence-electron chi connectivity index (χ4n) is 3.16. The van der Waals surface area contributed by atoms with Crippen molar-refractivity contribution in [2.75, 3.05) is 0 Å². The molecule has 3 aromatic rings. The Morgan fingerprint density at radius 3 is 2.69 bits per heavy atom. The Balaban J connectivity index is 1.53. The number of rotatable bonds is 5. The number of aromatic nitrogens is 3. The predicted octanol–water partition coefficient (Wildman–Crippen LogP) is 2.72. The van der Waals surface area contributed by atoms with Crippen molar-refractivity contribution >= 4 is 0 Å². The zero-order valence-electron chi connectivity index (χ0n) is 13.7. The Labute approximate surface area is 147 Å². The number of nitrogens with two attached hydrogens (primary N) is 1. The molecule has 26 heavy (non-hydrogen) atoms. The van der Waals surface area contributed by atoms with Gasteiger partial charge in [0.25, 0.3) is 11.4 Å². The molecule has 0 saturated heterocycles. The zero-order valence-corrected chi connectivity index (χ0v) is 13.7. The number of pyridine rings is 1. The molecule has 2 heterocycles. The highest BCUT2D eigenvalue weighted by atomic mass is 19.3. The molecular formula is C18H16F2N4O2. The molecule has 1 saturated carbocycles. The van der Waals surface area contributed by atoms with E-state index >= 15 is 0 Å². The van der Waals surface area contributed by atoms with Gasteiger partial charge in [-0.15, -0.1) is 10.2 Å². The van der Waals surface area contributed by atoms with E-state index in [0.717, 1.165) is 12.0 Å². The van der Waals surface area contributed by atoms with Crippen LogP contribution in [-0.2, 0) is 6.54 Å². The molecule has 6 nitrogen and oxygen atoms in total. The molecule has 4 rings (SSSR count). The van der Waals surface area contributed by atoms with E-state index in [-0.39, 0.29) is 17.4 Å². The maximum atomic E-state index is 12.5. The third-order valence-electron chi connectivity index (χ3n) is 4.66. The van der Waals surface area contributed by atoms with Gasteiger partial charge in [-0.3, -0.25) is 4.79 Å². The van der Waals surface area contributed by atoms with Crippen LogP contribution in [0.5, 0.6) is 0 Å². The van der Waals surface area contributed by atoms with Gasteiger partial charge >= 0.3 is 6.43 Å². The van der Waals surface area contributed by atoms with Gasteiger partial charge in [0, 0.05) is 35.8 Å². The second-order valence-electron chi connectivity index (χ2n) is 6.53. The molecule has 0 spiro atoms. The van der Waals surface area contributed by atoms with Gasteiger partial charge in [0.05, 0.1) is 0 Å². The number of benzene rings is 1. The van der Waals surface area contributed by atoms with Crippen LogP contribution in [0.25, 0.3) is 11.5 Å². The lowest BCUT2D eigenvalue weighted by molar-refractivity contribution is 0.116. The molecule has 1 aliphatic carbocycles. The molecule has 2 aromatic heterocycles. The van der Waals surface area contributed by atoms with Crippen LogP contribution in [0.2, 0.25) is 0 Å². The van der Waals surface area contributed by atoms with Gasteiger partial charge in [-0.1, -0.05) is 30.3 Å². The Kier molecular flexibility index (Phi) is 3.91. The van der Waals surface area contributed by atoms with Crippen LogP contribution in [0.1, 0.15) is 30.2 Å². The van der Waals surface area contributed by atoms with Crippen LogP contribution in [0.15, 0.2) is 57.9 Å². The van der Waals surface area contributed by atoms with Gasteiger partial charge in [0.15, 0.2) is 0 Å². The van der Waals surface area contributed by atoms with Crippen molar-refractivity contribution in [1.82, 2.24) is 14.8 Å². The highest BCUT2D eigenvalue weighted by molar-refractivity contribution is 5.51. The smallest absolute Gasteiger partial charge is 0.314 e. The minimum atomic E-state index is -2.85. The Hall–Kier alpha value is -2.87. The molecule has 0 unspecified atom stereocenters. The van der Waals surface area contributed by atoms with Gasteiger partial charge < -0.3 is 14.7 Å². The van der Waals surface area contributed by atoms with E-state index in [0.29, 0.717) is 12.1 Å². The molecule has 2 N–H and O–H groups in total. The molecule has 1 aliphatic rings. The maximum Gasteiger partial charge on any atom is 0.314 e. The lowest BCUT2D eigenvalue weighted by Gasteiger charge is -2.14. The number of nitrogens with zero attached hydrogens (tertiary/aromatic N) is 3. The lowest BCUT2D eigenvalue weighted by Crippen LogP contribution is -2.35. The van der Waals surface area contributed by atoms with Crippen molar-refractivity contribution in [1.29, 1.82) is 0 Å². The van der Waals surface area contributed by atoms with Crippen LogP contribution in [-0.4, -0.2) is 20.3 Å². The summed E-state index contributed by atoms with van der Waals surface area (Å²) in [6.07, 6.45) is -0.482. The average Bonchev–Trinajstić information content (AvgIpc) is 3.06. The van der Waals surface area contributed by atoms with Crippen LogP contribution < -0.4 is 11.3 Å². The van der Waals surface area contributed by atoms with E-state index in [4.69, 9.17) is 10.2 Å². The van der Waals surface area contributed by atoms with E-state index in [1.165, 1.54) is 10.6 Å². The third-order valence-corrected chi connectivity index (χ3v) is 4.66. The van der Waals surface area contributed by atoms with Crippen LogP contribution in [0.4, 0.5) is 8.78 Å². The maximum absolute atomic E-state index is 12.5.